The number of phosphoric ester groups is 2. The van der Waals surface area contributed by atoms with E-state index in [-0.39, 0.29) is 25.7 Å². The van der Waals surface area contributed by atoms with Gasteiger partial charge in [-0.2, -0.15) is 0 Å². The molecule has 0 aliphatic carbocycles. The molecule has 0 amide bonds. The van der Waals surface area contributed by atoms with E-state index in [9.17, 15) is 43.2 Å². The molecule has 0 aliphatic rings. The van der Waals surface area contributed by atoms with Crippen LogP contribution >= 0.6 is 15.6 Å². The van der Waals surface area contributed by atoms with Crippen molar-refractivity contribution in [3.05, 3.63) is 24.3 Å². The highest BCUT2D eigenvalue weighted by molar-refractivity contribution is 7.47. The lowest BCUT2D eigenvalue weighted by Gasteiger charge is -2.21. The Morgan fingerprint density at radius 2 is 0.621 bits per heavy atom. The predicted octanol–water partition coefficient (Wildman–Crippen LogP) is 21.7. The van der Waals surface area contributed by atoms with Crippen LogP contribution < -0.4 is 0 Å². The molecule has 0 saturated heterocycles. The molecule has 0 aromatic carbocycles. The van der Waals surface area contributed by atoms with Crippen molar-refractivity contribution in [2.24, 2.45) is 17.8 Å². The van der Waals surface area contributed by atoms with Crippen molar-refractivity contribution in [3.8, 4) is 0 Å². The first-order valence-corrected chi connectivity index (χ1v) is 41.7. The quantitative estimate of drug-likeness (QED) is 0.0169. The Balaban J connectivity index is 5.14. The van der Waals surface area contributed by atoms with E-state index in [1.54, 1.807) is 0 Å². The molecule has 0 bridgehead atoms. The van der Waals surface area contributed by atoms with Gasteiger partial charge in [0.15, 0.2) is 12.2 Å². The van der Waals surface area contributed by atoms with Gasteiger partial charge in [0.1, 0.15) is 19.3 Å². The number of aliphatic hydroxyl groups excluding tert-OH is 1. The number of aliphatic hydroxyl groups is 1. The minimum atomic E-state index is -4.96. The zero-order valence-electron chi connectivity index (χ0n) is 61.6. The second-order valence-electron chi connectivity index (χ2n) is 27.9. The molecule has 3 N–H and O–H groups in total. The van der Waals surface area contributed by atoms with Gasteiger partial charge in [0.05, 0.1) is 26.4 Å². The zero-order valence-corrected chi connectivity index (χ0v) is 63.4. The van der Waals surface area contributed by atoms with Crippen molar-refractivity contribution >= 4 is 39.5 Å². The Labute approximate surface area is 580 Å². The molecule has 0 aromatic heterocycles. The van der Waals surface area contributed by atoms with Gasteiger partial charge in [-0.3, -0.25) is 37.3 Å². The Hall–Kier alpha value is -2.46. The summed E-state index contributed by atoms with van der Waals surface area (Å²) in [6.07, 6.45) is 55.4. The van der Waals surface area contributed by atoms with E-state index >= 15 is 0 Å². The number of ether oxygens (including phenoxy) is 4. The first-order valence-electron chi connectivity index (χ1n) is 38.7. The van der Waals surface area contributed by atoms with Crippen LogP contribution in [-0.2, 0) is 65.4 Å². The largest absolute Gasteiger partial charge is 0.472 e. The molecule has 0 aliphatic heterocycles. The topological polar surface area (TPSA) is 237 Å². The summed E-state index contributed by atoms with van der Waals surface area (Å²) in [6.45, 7) is 11.7. The second-order valence-corrected chi connectivity index (χ2v) is 30.8. The Kier molecular flexibility index (Phi) is 64.4. The molecule has 0 fully saturated rings. The molecule has 0 radical (unpaired) electrons. The summed E-state index contributed by atoms with van der Waals surface area (Å²) in [7, 11) is -9.92. The van der Waals surface area contributed by atoms with Crippen LogP contribution in [0.4, 0.5) is 0 Å². The molecule has 3 unspecified atom stereocenters. The number of allylic oxidation sites excluding steroid dienone is 4. The highest BCUT2D eigenvalue weighted by Gasteiger charge is 2.30. The average molecular weight is 1390 g/mol. The van der Waals surface area contributed by atoms with Crippen LogP contribution in [0.2, 0.25) is 0 Å². The molecule has 560 valence electrons. The minimum Gasteiger partial charge on any atom is -0.462 e. The first kappa shape index (κ1) is 92.5. The maximum Gasteiger partial charge on any atom is 0.472 e. The summed E-state index contributed by atoms with van der Waals surface area (Å²) in [6, 6.07) is 0. The fourth-order valence-electron chi connectivity index (χ4n) is 11.0. The van der Waals surface area contributed by atoms with Gasteiger partial charge in [-0.1, -0.05) is 310 Å². The molecule has 0 spiro atoms. The van der Waals surface area contributed by atoms with Crippen LogP contribution in [0.5, 0.6) is 0 Å². The summed E-state index contributed by atoms with van der Waals surface area (Å²) in [5.41, 5.74) is 0. The highest BCUT2D eigenvalue weighted by Crippen LogP contribution is 2.45. The standard InChI is InChI=1S/C76H144O17P2/c1-8-10-11-12-13-14-15-16-21-25-28-31-34-43-50-57-73(78)86-63-72(93-76(81)60-53-46-39-37-41-48-55-68(5)6)66-91-95(84,85)89-62-70(77)61-88-94(82,83)90-65-71(64-87-74(79)58-51-44-38-36-40-47-54-67(3)4)92-75(80)59-52-45-35-32-29-26-23-20-18-17-19-22-24-27-30-33-42-49-56-69(7)9-2/h14-16,21,67-72,77H,8-13,17-20,22-66H2,1-7H3,(H,82,83)(H,84,85)/b15-14-,21-16-/t69?,70-,71+,72+/m0/s1. The van der Waals surface area contributed by atoms with Gasteiger partial charge in [-0.25, -0.2) is 9.13 Å². The lowest BCUT2D eigenvalue weighted by molar-refractivity contribution is -0.161. The van der Waals surface area contributed by atoms with E-state index in [2.05, 4.69) is 72.8 Å². The van der Waals surface area contributed by atoms with E-state index in [4.69, 9.17) is 37.0 Å². The summed E-state index contributed by atoms with van der Waals surface area (Å²) >= 11 is 0. The van der Waals surface area contributed by atoms with Crippen LogP contribution in [0.15, 0.2) is 24.3 Å². The van der Waals surface area contributed by atoms with Gasteiger partial charge in [-0.05, 0) is 69.1 Å². The summed E-state index contributed by atoms with van der Waals surface area (Å²) < 4.78 is 68.3. The van der Waals surface area contributed by atoms with E-state index in [0.717, 1.165) is 121 Å². The van der Waals surface area contributed by atoms with Crippen molar-refractivity contribution in [2.45, 2.75) is 381 Å². The lowest BCUT2D eigenvalue weighted by atomic mass is 9.99. The summed E-state index contributed by atoms with van der Waals surface area (Å²) in [4.78, 5) is 72.6. The third-order valence-corrected chi connectivity index (χ3v) is 19.3. The van der Waals surface area contributed by atoms with Gasteiger partial charge in [-0.15, -0.1) is 0 Å². The Bertz CT molecular complexity index is 1950. The maximum atomic E-state index is 13.0. The van der Waals surface area contributed by atoms with E-state index < -0.39 is 97.5 Å². The molecule has 19 heteroatoms. The monoisotopic (exact) mass is 1390 g/mol. The van der Waals surface area contributed by atoms with Crippen LogP contribution in [0.3, 0.4) is 0 Å². The van der Waals surface area contributed by atoms with E-state index in [1.165, 1.54) is 148 Å². The fourth-order valence-corrected chi connectivity index (χ4v) is 12.6. The molecule has 0 rings (SSSR count). The van der Waals surface area contributed by atoms with Crippen molar-refractivity contribution in [3.63, 3.8) is 0 Å². The summed E-state index contributed by atoms with van der Waals surface area (Å²) in [5, 5.41) is 10.6. The number of phosphoric acid groups is 2. The van der Waals surface area contributed by atoms with E-state index in [1.807, 2.05) is 0 Å². The van der Waals surface area contributed by atoms with Gasteiger partial charge in [0, 0.05) is 25.7 Å². The van der Waals surface area contributed by atoms with Gasteiger partial charge < -0.3 is 33.8 Å². The molecule has 0 heterocycles. The first-order chi connectivity index (χ1) is 45.8. The molecular weight excluding hydrogens is 1250 g/mol. The number of carbonyl (C=O) groups excluding carboxylic acids is 4. The third kappa shape index (κ3) is 68.5. The van der Waals surface area contributed by atoms with Crippen molar-refractivity contribution < 1.29 is 80.2 Å². The second kappa shape index (κ2) is 66.1. The number of carbonyl (C=O) groups is 4. The van der Waals surface area contributed by atoms with Crippen LogP contribution in [-0.4, -0.2) is 96.7 Å². The van der Waals surface area contributed by atoms with Crippen LogP contribution in [0.25, 0.3) is 0 Å². The average Bonchev–Trinajstić information content (AvgIpc) is 2.11. The SMILES string of the molecule is CCCCCC/C=C\C=C/CCCCCCCC(=O)OC[C@H](COP(=O)(O)OC[C@@H](O)COP(=O)(O)OC[C@@H](COC(=O)CCCCCCCCC(C)C)OC(=O)CCCCCCCCCCCCCCCCCCCCC(C)CC)OC(=O)CCCCCCCCC(C)C. The van der Waals surface area contributed by atoms with Gasteiger partial charge in [0.2, 0.25) is 0 Å². The number of rotatable bonds is 72. The smallest absolute Gasteiger partial charge is 0.462 e. The highest BCUT2D eigenvalue weighted by atomic mass is 31.2. The zero-order chi connectivity index (χ0) is 70.1. The normalized spacial score (nSPS) is 14.5. The fraction of sp³-hybridized carbons (Fsp3) is 0.895. The lowest BCUT2D eigenvalue weighted by Crippen LogP contribution is -2.30. The van der Waals surface area contributed by atoms with Crippen LogP contribution in [0.1, 0.15) is 363 Å². The third-order valence-electron chi connectivity index (χ3n) is 17.4. The Morgan fingerprint density at radius 1 is 0.347 bits per heavy atom. The maximum absolute atomic E-state index is 13.0. The molecular formula is C76H144O17P2. The van der Waals surface area contributed by atoms with Crippen molar-refractivity contribution in [1.29, 1.82) is 0 Å². The van der Waals surface area contributed by atoms with Gasteiger partial charge >= 0.3 is 39.5 Å². The van der Waals surface area contributed by atoms with E-state index in [0.29, 0.717) is 37.5 Å². The number of hydrogen-bond donors (Lipinski definition) is 3. The number of esters is 4. The van der Waals surface area contributed by atoms with Crippen LogP contribution in [0, 0.1) is 17.8 Å². The molecule has 0 aromatic rings. The predicted molar refractivity (Wildman–Crippen MR) is 386 cm³/mol. The Morgan fingerprint density at radius 3 is 0.937 bits per heavy atom. The van der Waals surface area contributed by atoms with Crippen molar-refractivity contribution in [1.82, 2.24) is 0 Å². The molecule has 95 heavy (non-hydrogen) atoms. The number of hydrogen-bond acceptors (Lipinski definition) is 15. The number of unbranched alkanes of at least 4 members (excludes halogenated alkanes) is 36. The van der Waals surface area contributed by atoms with Gasteiger partial charge in [0.25, 0.3) is 0 Å². The molecule has 6 atom stereocenters. The molecule has 0 saturated carbocycles. The summed E-state index contributed by atoms with van der Waals surface area (Å²) in [5.74, 6) is 0.0561. The minimum absolute atomic E-state index is 0.0950. The van der Waals surface area contributed by atoms with Crippen molar-refractivity contribution in [2.75, 3.05) is 39.6 Å². The molecule has 17 nitrogen and oxygen atoms in total.